The van der Waals surface area contributed by atoms with Crippen molar-refractivity contribution in [2.24, 2.45) is 0 Å². The number of hydrogen-bond donors (Lipinski definition) is 0. The van der Waals surface area contributed by atoms with Crippen LogP contribution < -0.4 is 0 Å². The first-order valence-electron chi connectivity index (χ1n) is 5.52. The summed E-state index contributed by atoms with van der Waals surface area (Å²) < 4.78 is 74.3. The van der Waals surface area contributed by atoms with Crippen LogP contribution >= 0.6 is 0 Å². The van der Waals surface area contributed by atoms with Crippen molar-refractivity contribution in [2.75, 3.05) is 39.6 Å². The van der Waals surface area contributed by atoms with Crippen molar-refractivity contribution in [1.29, 1.82) is 0 Å². The van der Waals surface area contributed by atoms with Crippen LogP contribution in [0.25, 0.3) is 0 Å². The highest BCUT2D eigenvalue weighted by molar-refractivity contribution is 7.87. The Morgan fingerprint density at radius 1 is 1.25 bits per heavy atom. The Bertz CT molecular complexity index is 420. The van der Waals surface area contributed by atoms with Gasteiger partial charge in [-0.2, -0.15) is 8.78 Å². The molecule has 8 nitrogen and oxygen atoms in total. The molecule has 1 aliphatic rings. The first-order chi connectivity index (χ1) is 9.25. The van der Waals surface area contributed by atoms with Crippen molar-refractivity contribution in [3.05, 3.63) is 0 Å². The molecule has 0 spiro atoms. The van der Waals surface area contributed by atoms with Gasteiger partial charge < -0.3 is 23.5 Å². The van der Waals surface area contributed by atoms with E-state index in [0.717, 1.165) is 0 Å². The maximum absolute atomic E-state index is 12.6. The molecule has 0 aromatic carbocycles. The van der Waals surface area contributed by atoms with Gasteiger partial charge in [0.25, 0.3) is 0 Å². The van der Waals surface area contributed by atoms with Gasteiger partial charge in [-0.25, -0.2) is 13.2 Å². The zero-order valence-corrected chi connectivity index (χ0v) is 11.1. The SMILES string of the molecule is O=C(OCCOCCOCC1CO1)C(F)(F)S(=O)(=O)[O-]. The van der Waals surface area contributed by atoms with Gasteiger partial charge in [-0.15, -0.1) is 0 Å². The fourth-order valence-corrected chi connectivity index (χ4v) is 1.24. The minimum absolute atomic E-state index is 0.118. The van der Waals surface area contributed by atoms with Gasteiger partial charge in [0.15, 0.2) is 10.1 Å². The normalized spacial score (nSPS) is 18.9. The molecule has 0 N–H and O–H groups in total. The summed E-state index contributed by atoms with van der Waals surface area (Å²) in [6.07, 6.45) is 0.118. The summed E-state index contributed by atoms with van der Waals surface area (Å²) >= 11 is 0. The summed E-state index contributed by atoms with van der Waals surface area (Å²) in [6, 6.07) is 0. The third-order valence-electron chi connectivity index (χ3n) is 2.09. The lowest BCUT2D eigenvalue weighted by Crippen LogP contribution is -2.39. The molecular formula is C9H13F2O8S-. The molecule has 1 atom stereocenters. The van der Waals surface area contributed by atoms with Crippen LogP contribution in [0.4, 0.5) is 8.78 Å². The van der Waals surface area contributed by atoms with Gasteiger partial charge in [0.1, 0.15) is 12.7 Å². The van der Waals surface area contributed by atoms with E-state index < -0.39 is 27.9 Å². The molecule has 0 aliphatic carbocycles. The molecule has 1 saturated heterocycles. The Kier molecular flexibility index (Phi) is 6.20. The zero-order valence-electron chi connectivity index (χ0n) is 10.3. The van der Waals surface area contributed by atoms with E-state index >= 15 is 0 Å². The average Bonchev–Trinajstić information content (AvgIpc) is 3.14. The fourth-order valence-electron chi connectivity index (χ4n) is 0.978. The zero-order chi connectivity index (χ0) is 15.2. The van der Waals surface area contributed by atoms with Gasteiger partial charge in [0.2, 0.25) is 0 Å². The molecule has 1 rings (SSSR count). The first kappa shape index (κ1) is 17.2. The lowest BCUT2D eigenvalue weighted by molar-refractivity contribution is -0.163. The van der Waals surface area contributed by atoms with Gasteiger partial charge in [-0.1, -0.05) is 0 Å². The standard InChI is InChI=1S/C9H14F2O8S/c10-9(11,20(13,14)15)8(12)18-4-3-16-1-2-17-5-7-6-19-7/h7H,1-6H2,(H,13,14,15)/p-1. The van der Waals surface area contributed by atoms with Gasteiger partial charge in [0.05, 0.1) is 33.0 Å². The molecule has 118 valence electrons. The van der Waals surface area contributed by atoms with Crippen molar-refractivity contribution in [3.8, 4) is 0 Å². The Morgan fingerprint density at radius 2 is 1.80 bits per heavy atom. The van der Waals surface area contributed by atoms with Crippen LogP contribution in [-0.2, 0) is 33.9 Å². The van der Waals surface area contributed by atoms with Crippen LogP contribution in [-0.4, -0.2) is 69.9 Å². The van der Waals surface area contributed by atoms with Crippen molar-refractivity contribution < 1.29 is 45.5 Å². The lowest BCUT2D eigenvalue weighted by Gasteiger charge is -2.17. The average molecular weight is 319 g/mol. The highest BCUT2D eigenvalue weighted by atomic mass is 32.2. The minimum atomic E-state index is -6.09. The smallest absolute Gasteiger partial charge is 0.428 e. The largest absolute Gasteiger partial charge is 0.743 e. The van der Waals surface area contributed by atoms with Gasteiger partial charge >= 0.3 is 11.2 Å². The predicted octanol–water partition coefficient (Wildman–Crippen LogP) is -0.900. The third kappa shape index (κ3) is 5.63. The number of ether oxygens (including phenoxy) is 4. The van der Waals surface area contributed by atoms with Crippen LogP contribution in [0.15, 0.2) is 0 Å². The van der Waals surface area contributed by atoms with E-state index in [1.165, 1.54) is 0 Å². The molecule has 1 unspecified atom stereocenters. The molecule has 1 fully saturated rings. The van der Waals surface area contributed by atoms with Crippen molar-refractivity contribution in [1.82, 2.24) is 0 Å². The molecule has 0 radical (unpaired) electrons. The summed E-state index contributed by atoms with van der Waals surface area (Å²) in [7, 11) is -6.09. The summed E-state index contributed by atoms with van der Waals surface area (Å²) in [5, 5.41) is -5.10. The van der Waals surface area contributed by atoms with Gasteiger partial charge in [-0.3, -0.25) is 0 Å². The second-order valence-electron chi connectivity index (χ2n) is 3.75. The van der Waals surface area contributed by atoms with Gasteiger partial charge in [0, 0.05) is 0 Å². The van der Waals surface area contributed by atoms with Crippen LogP contribution in [0, 0.1) is 0 Å². The first-order valence-corrected chi connectivity index (χ1v) is 6.93. The molecule has 0 amide bonds. The molecular weight excluding hydrogens is 306 g/mol. The molecule has 1 aliphatic heterocycles. The number of carbonyl (C=O) groups excluding carboxylic acids is 1. The summed E-state index contributed by atoms with van der Waals surface area (Å²) in [5.41, 5.74) is 0. The fraction of sp³-hybridized carbons (Fsp3) is 0.889. The van der Waals surface area contributed by atoms with E-state index in [1.54, 1.807) is 0 Å². The summed E-state index contributed by atoms with van der Waals surface area (Å²) in [5.74, 6) is -2.42. The topological polar surface area (TPSA) is 114 Å². The summed E-state index contributed by atoms with van der Waals surface area (Å²) in [6.45, 7) is 0.651. The Labute approximate surface area is 113 Å². The molecule has 0 aromatic rings. The third-order valence-corrected chi connectivity index (χ3v) is 2.89. The quantitative estimate of drug-likeness (QED) is 0.220. The number of esters is 1. The van der Waals surface area contributed by atoms with Crippen molar-refractivity contribution in [2.45, 2.75) is 11.4 Å². The van der Waals surface area contributed by atoms with E-state index in [-0.39, 0.29) is 25.9 Å². The second kappa shape index (κ2) is 7.22. The molecule has 1 heterocycles. The van der Waals surface area contributed by atoms with E-state index in [4.69, 9.17) is 14.2 Å². The Hall–Kier alpha value is -0.880. The van der Waals surface area contributed by atoms with E-state index in [0.29, 0.717) is 13.2 Å². The molecule has 0 aromatic heterocycles. The van der Waals surface area contributed by atoms with E-state index in [1.807, 2.05) is 0 Å². The second-order valence-corrected chi connectivity index (χ2v) is 5.17. The predicted molar refractivity (Wildman–Crippen MR) is 57.0 cm³/mol. The Balaban J connectivity index is 2.03. The van der Waals surface area contributed by atoms with Gasteiger partial charge in [-0.05, 0) is 0 Å². The number of hydrogen-bond acceptors (Lipinski definition) is 8. The van der Waals surface area contributed by atoms with Crippen LogP contribution in [0.5, 0.6) is 0 Å². The highest BCUT2D eigenvalue weighted by Gasteiger charge is 2.48. The number of halogens is 2. The van der Waals surface area contributed by atoms with E-state index in [2.05, 4.69) is 4.74 Å². The van der Waals surface area contributed by atoms with Crippen LogP contribution in [0.3, 0.4) is 0 Å². The maximum Gasteiger partial charge on any atom is 0.428 e. The number of carbonyl (C=O) groups is 1. The summed E-state index contributed by atoms with van der Waals surface area (Å²) in [4.78, 5) is 10.7. The van der Waals surface area contributed by atoms with Crippen LogP contribution in [0.1, 0.15) is 0 Å². The van der Waals surface area contributed by atoms with E-state index in [9.17, 15) is 26.5 Å². The minimum Gasteiger partial charge on any atom is -0.743 e. The number of alkyl halides is 2. The van der Waals surface area contributed by atoms with Crippen molar-refractivity contribution >= 4 is 16.1 Å². The Morgan fingerprint density at radius 3 is 2.35 bits per heavy atom. The number of epoxide rings is 1. The lowest BCUT2D eigenvalue weighted by atomic mass is 10.5. The monoisotopic (exact) mass is 319 g/mol. The highest BCUT2D eigenvalue weighted by Crippen LogP contribution is 2.21. The van der Waals surface area contributed by atoms with Crippen LogP contribution in [0.2, 0.25) is 0 Å². The molecule has 11 heteroatoms. The molecule has 20 heavy (non-hydrogen) atoms. The molecule has 0 bridgehead atoms. The number of rotatable bonds is 10. The molecule has 0 saturated carbocycles. The van der Waals surface area contributed by atoms with Crippen molar-refractivity contribution in [3.63, 3.8) is 0 Å². The maximum atomic E-state index is 12.6.